The minimum Gasteiger partial charge on any atom is -0.0566 e. The Morgan fingerprint density at radius 1 is 1.00 bits per heavy atom. The molecule has 0 spiro atoms. The summed E-state index contributed by atoms with van der Waals surface area (Å²) in [4.78, 5) is 0. The third kappa shape index (κ3) is 1.39. The predicted molar refractivity (Wildman–Crippen MR) is 32.5 cm³/mol. The smallest absolute Gasteiger partial charge is 0.0409 e. The lowest BCUT2D eigenvalue weighted by Gasteiger charge is -1.53. The molecule has 5 heavy (non-hydrogen) atoms. The third-order valence-electron chi connectivity index (χ3n) is 0.293. The van der Waals surface area contributed by atoms with E-state index in [0.717, 1.165) is 0 Å². The maximum atomic E-state index is 1.64. The van der Waals surface area contributed by atoms with Gasteiger partial charge in [-0.25, -0.2) is 0 Å². The van der Waals surface area contributed by atoms with Crippen LogP contribution >= 0.6 is 30.8 Å². The Balaban J connectivity index is 2.61. The summed E-state index contributed by atoms with van der Waals surface area (Å²) in [6.45, 7) is 0. The van der Waals surface area contributed by atoms with Gasteiger partial charge < -0.3 is 0 Å². The molecular weight excluding hydrogens is 136 g/mol. The molecule has 0 aromatic rings. The van der Waals surface area contributed by atoms with Crippen molar-refractivity contribution in [2.75, 3.05) is 5.90 Å². The van der Waals surface area contributed by atoms with Crippen LogP contribution < -0.4 is 0 Å². The molecule has 1 heterocycles. The summed E-state index contributed by atoms with van der Waals surface area (Å²) in [5.41, 5.74) is 0. The van der Waals surface area contributed by atoms with E-state index in [4.69, 9.17) is 0 Å². The average molecular weight is 138 g/mol. The highest BCUT2D eigenvalue weighted by molar-refractivity contribution is 8.38. The van der Waals surface area contributed by atoms with Crippen LogP contribution in [0.4, 0.5) is 0 Å². The number of rotatable bonds is 0. The summed E-state index contributed by atoms with van der Waals surface area (Å²) in [5, 5.41) is 0. The van der Waals surface area contributed by atoms with Crippen molar-refractivity contribution < 1.29 is 0 Å². The highest BCUT2D eigenvalue weighted by Crippen LogP contribution is 2.46. The van der Waals surface area contributed by atoms with Crippen molar-refractivity contribution in [1.82, 2.24) is 0 Å². The zero-order valence-electron chi connectivity index (χ0n) is 2.50. The zero-order chi connectivity index (χ0) is 3.54. The number of hydrogen-bond donors (Lipinski definition) is 0. The summed E-state index contributed by atoms with van der Waals surface area (Å²) in [5.74, 6) is 1.42. The Morgan fingerprint density at radius 2 is 1.60 bits per heavy atom. The second-order valence-corrected chi connectivity index (χ2v) is 8.65. The van der Waals surface area contributed by atoms with Gasteiger partial charge in [0.2, 0.25) is 0 Å². The Morgan fingerprint density at radius 3 is 1.80 bits per heavy atom. The molecule has 0 saturated heterocycles. The molecule has 0 atom stereocenters. The van der Waals surface area contributed by atoms with E-state index in [0.29, 0.717) is 0 Å². The normalized spacial score (nSPS) is 30.4. The first-order valence-electron chi connectivity index (χ1n) is 1.23. The van der Waals surface area contributed by atoms with Crippen LogP contribution in [0, 0.1) is 0 Å². The summed E-state index contributed by atoms with van der Waals surface area (Å²) >= 11 is 0. The van der Waals surface area contributed by atoms with Crippen LogP contribution in [0.15, 0.2) is 0 Å². The summed E-state index contributed by atoms with van der Waals surface area (Å²) < 4.78 is 0. The Kier molecular flexibility index (Phi) is 2.08. The van der Waals surface area contributed by atoms with Crippen LogP contribution in [-0.2, 0) is 0 Å². The first kappa shape index (κ1) is 4.36. The van der Waals surface area contributed by atoms with Gasteiger partial charge in [-0.3, -0.25) is 0 Å². The molecule has 0 radical (unpaired) electrons. The standard InChI is InChI=1S/CH2P4/c1-2-4-5-3-1/h1H2. The van der Waals surface area contributed by atoms with E-state index in [1.165, 1.54) is 5.90 Å². The van der Waals surface area contributed by atoms with Gasteiger partial charge >= 0.3 is 0 Å². The number of hydrogen-bond acceptors (Lipinski definition) is 0. The summed E-state index contributed by atoms with van der Waals surface area (Å²) in [6.07, 6.45) is 0. The van der Waals surface area contributed by atoms with Crippen LogP contribution in [0.25, 0.3) is 0 Å². The fourth-order valence-electron chi connectivity index (χ4n) is 0.141. The first-order chi connectivity index (χ1) is 2.50. The predicted octanol–water partition coefficient (Wildman–Crippen LogP) is 3.49. The summed E-state index contributed by atoms with van der Waals surface area (Å²) in [7, 11) is 6.52. The van der Waals surface area contributed by atoms with Gasteiger partial charge in [0.25, 0.3) is 0 Å². The van der Waals surface area contributed by atoms with E-state index in [1.54, 1.807) is 30.8 Å². The van der Waals surface area contributed by atoms with E-state index in [1.807, 2.05) is 0 Å². The lowest BCUT2D eigenvalue weighted by molar-refractivity contribution is 2.31. The van der Waals surface area contributed by atoms with Crippen molar-refractivity contribution in [3.63, 3.8) is 0 Å². The molecule has 0 aromatic heterocycles. The fraction of sp³-hybridized carbons (Fsp3) is 1.00. The van der Waals surface area contributed by atoms with Crippen molar-refractivity contribution in [3.05, 3.63) is 0 Å². The highest BCUT2D eigenvalue weighted by Gasteiger charge is 1.76. The topological polar surface area (TPSA) is 0 Å². The van der Waals surface area contributed by atoms with Crippen molar-refractivity contribution in [3.8, 4) is 0 Å². The van der Waals surface area contributed by atoms with E-state index in [2.05, 4.69) is 0 Å². The molecule has 1 rings (SSSR count). The van der Waals surface area contributed by atoms with Crippen LogP contribution in [-0.4, -0.2) is 5.90 Å². The van der Waals surface area contributed by atoms with Gasteiger partial charge in [0.1, 0.15) is 0 Å². The molecule has 0 aromatic carbocycles. The largest absolute Gasteiger partial charge is 0.0566 e. The lowest BCUT2D eigenvalue weighted by Crippen LogP contribution is -1.24. The van der Waals surface area contributed by atoms with Gasteiger partial charge in [-0.1, -0.05) is 15.7 Å². The van der Waals surface area contributed by atoms with Crippen molar-refractivity contribution in [1.29, 1.82) is 0 Å². The van der Waals surface area contributed by atoms with E-state index < -0.39 is 0 Å². The summed E-state index contributed by atoms with van der Waals surface area (Å²) in [6, 6.07) is 0. The van der Waals surface area contributed by atoms with Gasteiger partial charge in [0.05, 0.1) is 0 Å². The van der Waals surface area contributed by atoms with E-state index in [9.17, 15) is 0 Å². The monoisotopic (exact) mass is 138 g/mol. The van der Waals surface area contributed by atoms with Gasteiger partial charge in [-0.2, -0.15) is 0 Å². The molecule has 1 aliphatic rings. The van der Waals surface area contributed by atoms with Gasteiger partial charge in [0, 0.05) is 5.90 Å². The van der Waals surface area contributed by atoms with Gasteiger partial charge in [-0.05, 0) is 15.1 Å². The molecule has 0 amide bonds. The quantitative estimate of drug-likeness (QED) is 0.449. The molecular formula is CH2P4. The molecule has 0 N–H and O–H groups in total. The Hall–Kier alpha value is 1.20. The van der Waals surface area contributed by atoms with Crippen molar-refractivity contribution >= 4 is 30.8 Å². The van der Waals surface area contributed by atoms with Crippen LogP contribution in [0.2, 0.25) is 0 Å². The van der Waals surface area contributed by atoms with Crippen LogP contribution in [0.1, 0.15) is 0 Å². The molecule has 0 nitrogen and oxygen atoms in total. The van der Waals surface area contributed by atoms with Crippen molar-refractivity contribution in [2.45, 2.75) is 0 Å². The molecule has 1 aliphatic heterocycles. The molecule has 0 saturated carbocycles. The second-order valence-electron chi connectivity index (χ2n) is 0.603. The second kappa shape index (κ2) is 2.39. The fourth-order valence-corrected chi connectivity index (χ4v) is 11.5. The van der Waals surface area contributed by atoms with E-state index in [-0.39, 0.29) is 0 Å². The Labute approximate surface area is 37.5 Å². The average Bonchev–Trinajstić information content (AvgIpc) is 1.76. The van der Waals surface area contributed by atoms with Crippen molar-refractivity contribution in [2.24, 2.45) is 0 Å². The first-order valence-corrected chi connectivity index (χ1v) is 7.30. The van der Waals surface area contributed by atoms with Gasteiger partial charge in [-0.15, -0.1) is 0 Å². The molecule has 26 valence electrons. The van der Waals surface area contributed by atoms with Crippen LogP contribution in [0.3, 0.4) is 0 Å². The van der Waals surface area contributed by atoms with Crippen LogP contribution in [0.5, 0.6) is 0 Å². The SMILES string of the molecule is C1P=PP=P1. The maximum absolute atomic E-state index is 1.64. The molecule has 4 heteroatoms. The minimum atomic E-state index is 1.42. The molecule has 0 bridgehead atoms. The van der Waals surface area contributed by atoms with E-state index >= 15 is 0 Å². The lowest BCUT2D eigenvalue weighted by atomic mass is 11.9. The molecule has 0 unspecified atom stereocenters. The molecule has 0 aliphatic carbocycles. The van der Waals surface area contributed by atoms with Gasteiger partial charge in [0.15, 0.2) is 0 Å². The maximum Gasteiger partial charge on any atom is 0.0409 e. The highest BCUT2D eigenvalue weighted by atomic mass is 32.4. The molecule has 0 fully saturated rings. The Bertz CT molecular complexity index is 61.7. The third-order valence-corrected chi connectivity index (χ3v) is 10.1. The minimum absolute atomic E-state index is 1.42. The zero-order valence-corrected chi connectivity index (χ0v) is 6.07.